The van der Waals surface area contributed by atoms with E-state index in [2.05, 4.69) is 26.2 Å². The molecule has 1 aromatic carbocycles. The molecule has 0 N–H and O–H groups in total. The largest absolute Gasteiger partial charge is 0.495 e. The maximum absolute atomic E-state index is 13.3. The fourth-order valence-corrected chi connectivity index (χ4v) is 5.60. The van der Waals surface area contributed by atoms with Gasteiger partial charge in [0.15, 0.2) is 10.9 Å². The number of thioether (sulfide) groups is 1. The highest BCUT2D eigenvalue weighted by atomic mass is 32.2. The van der Waals surface area contributed by atoms with Crippen molar-refractivity contribution in [3.8, 4) is 29.1 Å². The second-order valence-electron chi connectivity index (χ2n) is 8.20. The van der Waals surface area contributed by atoms with Gasteiger partial charge in [-0.1, -0.05) is 30.0 Å². The molecule has 4 heterocycles. The lowest BCUT2D eigenvalue weighted by Crippen LogP contribution is -2.31. The molecule has 196 valence electrons. The number of para-hydroxylation sites is 2. The highest BCUT2D eigenvalue weighted by Crippen LogP contribution is 2.34. The summed E-state index contributed by atoms with van der Waals surface area (Å²) < 4.78 is 13.1. The SMILES string of the molecule is COc1ccccc1-n1c(SCc2nc(C(=O)N(CCC#N)Cc3cccnc3)cs2)nnc1-c1ccco1. The number of hydrogen-bond acceptors (Lipinski definition) is 10. The number of furan rings is 1. The van der Waals surface area contributed by atoms with Gasteiger partial charge < -0.3 is 14.1 Å². The highest BCUT2D eigenvalue weighted by molar-refractivity contribution is 7.98. The number of nitriles is 1. The lowest BCUT2D eigenvalue weighted by atomic mass is 10.2. The summed E-state index contributed by atoms with van der Waals surface area (Å²) in [5.74, 6) is 2.04. The van der Waals surface area contributed by atoms with Gasteiger partial charge >= 0.3 is 0 Å². The van der Waals surface area contributed by atoms with Crippen molar-refractivity contribution in [1.29, 1.82) is 5.26 Å². The van der Waals surface area contributed by atoms with E-state index >= 15 is 0 Å². The molecule has 0 atom stereocenters. The second-order valence-corrected chi connectivity index (χ2v) is 10.1. The Hall–Kier alpha value is -4.47. The minimum absolute atomic E-state index is 0.223. The van der Waals surface area contributed by atoms with Crippen molar-refractivity contribution >= 4 is 29.0 Å². The van der Waals surface area contributed by atoms with Crippen molar-refractivity contribution in [3.63, 3.8) is 0 Å². The van der Waals surface area contributed by atoms with Gasteiger partial charge in [-0.15, -0.1) is 21.5 Å². The average Bonchev–Trinajstić information content (AvgIpc) is 3.75. The van der Waals surface area contributed by atoms with Crippen LogP contribution in [0.3, 0.4) is 0 Å². The van der Waals surface area contributed by atoms with Gasteiger partial charge in [-0.2, -0.15) is 5.26 Å². The minimum Gasteiger partial charge on any atom is -0.495 e. The number of rotatable bonds is 11. The fraction of sp³-hybridized carbons (Fsp3) is 0.185. The number of benzene rings is 1. The third-order valence-corrected chi connectivity index (χ3v) is 7.65. The summed E-state index contributed by atoms with van der Waals surface area (Å²) in [7, 11) is 1.62. The molecule has 4 aromatic heterocycles. The number of aromatic nitrogens is 5. The summed E-state index contributed by atoms with van der Waals surface area (Å²) in [6.45, 7) is 0.664. The van der Waals surface area contributed by atoms with Gasteiger partial charge in [-0.3, -0.25) is 14.3 Å². The number of amides is 1. The predicted octanol–water partition coefficient (Wildman–Crippen LogP) is 5.24. The number of ether oxygens (including phenoxy) is 1. The van der Waals surface area contributed by atoms with Gasteiger partial charge in [0, 0.05) is 30.9 Å². The standard InChI is InChI=1S/C27H23N7O3S2/c1-36-22-9-3-2-8-21(22)34-25(23-10-5-14-37-23)31-32-27(34)39-18-24-30-20(17-38-24)26(35)33(13-6-11-28)16-19-7-4-12-29-15-19/h2-5,7-10,12,14-15,17H,6,13,16,18H2,1H3. The normalized spacial score (nSPS) is 10.8. The quantitative estimate of drug-likeness (QED) is 0.201. The van der Waals surface area contributed by atoms with E-state index in [0.29, 0.717) is 47.0 Å². The fourth-order valence-electron chi connectivity index (χ4n) is 3.87. The summed E-state index contributed by atoms with van der Waals surface area (Å²) >= 11 is 2.85. The van der Waals surface area contributed by atoms with Gasteiger partial charge in [-0.05, 0) is 35.9 Å². The molecule has 5 aromatic rings. The number of thiazole rings is 1. The van der Waals surface area contributed by atoms with E-state index in [0.717, 1.165) is 16.3 Å². The first kappa shape index (κ1) is 26.1. The number of carbonyl (C=O) groups is 1. The van der Waals surface area contributed by atoms with Gasteiger partial charge in [0.05, 0.1) is 37.3 Å². The average molecular weight is 558 g/mol. The predicted molar refractivity (Wildman–Crippen MR) is 146 cm³/mol. The molecule has 5 rings (SSSR count). The highest BCUT2D eigenvalue weighted by Gasteiger charge is 2.22. The molecule has 0 unspecified atom stereocenters. The number of nitrogens with zero attached hydrogens (tertiary/aromatic N) is 7. The Morgan fingerprint density at radius 1 is 1.21 bits per heavy atom. The molecule has 10 nitrogen and oxygen atoms in total. The summed E-state index contributed by atoms with van der Waals surface area (Å²) in [6, 6.07) is 17.1. The first-order chi connectivity index (χ1) is 19.2. The first-order valence-corrected chi connectivity index (χ1v) is 13.8. The van der Waals surface area contributed by atoms with E-state index in [4.69, 9.17) is 14.4 Å². The van der Waals surface area contributed by atoms with Crippen LogP contribution in [-0.4, -0.2) is 49.2 Å². The van der Waals surface area contributed by atoms with Crippen molar-refractivity contribution in [2.75, 3.05) is 13.7 Å². The van der Waals surface area contributed by atoms with Gasteiger partial charge in [-0.25, -0.2) is 4.98 Å². The molecule has 0 aliphatic heterocycles. The van der Waals surface area contributed by atoms with Crippen LogP contribution in [0.5, 0.6) is 5.75 Å². The van der Waals surface area contributed by atoms with E-state index in [1.54, 1.807) is 42.1 Å². The molecular weight excluding hydrogens is 534 g/mol. The number of pyridine rings is 1. The van der Waals surface area contributed by atoms with Gasteiger partial charge in [0.25, 0.3) is 5.91 Å². The lowest BCUT2D eigenvalue weighted by Gasteiger charge is -2.20. The van der Waals surface area contributed by atoms with E-state index in [1.807, 2.05) is 47.0 Å². The van der Waals surface area contributed by atoms with Crippen LogP contribution in [0.2, 0.25) is 0 Å². The molecule has 0 saturated heterocycles. The molecule has 0 aliphatic carbocycles. The number of carbonyl (C=O) groups excluding carboxylic acids is 1. The second kappa shape index (κ2) is 12.4. The van der Waals surface area contributed by atoms with Crippen molar-refractivity contribution in [3.05, 3.63) is 88.8 Å². The van der Waals surface area contributed by atoms with Crippen LogP contribution in [0.15, 0.2) is 82.1 Å². The number of methoxy groups -OCH3 is 1. The summed E-state index contributed by atoms with van der Waals surface area (Å²) in [5.41, 5.74) is 2.01. The van der Waals surface area contributed by atoms with Crippen LogP contribution in [-0.2, 0) is 12.3 Å². The Kier molecular flexibility index (Phi) is 8.30. The van der Waals surface area contributed by atoms with Crippen LogP contribution < -0.4 is 4.74 Å². The van der Waals surface area contributed by atoms with Gasteiger partial charge in [0.2, 0.25) is 5.82 Å². The van der Waals surface area contributed by atoms with Crippen LogP contribution in [0.1, 0.15) is 27.5 Å². The topological polar surface area (TPSA) is 123 Å². The summed E-state index contributed by atoms with van der Waals surface area (Å²) in [6.07, 6.45) is 5.22. The zero-order valence-corrected chi connectivity index (χ0v) is 22.6. The van der Waals surface area contributed by atoms with Crippen molar-refractivity contribution in [2.24, 2.45) is 0 Å². The van der Waals surface area contributed by atoms with Crippen LogP contribution in [0.4, 0.5) is 0 Å². The molecule has 0 aliphatic rings. The molecule has 0 saturated carbocycles. The first-order valence-electron chi connectivity index (χ1n) is 11.9. The summed E-state index contributed by atoms with van der Waals surface area (Å²) in [4.78, 5) is 23.6. The van der Waals surface area contributed by atoms with Crippen LogP contribution in [0, 0.1) is 11.3 Å². The van der Waals surface area contributed by atoms with E-state index in [9.17, 15) is 4.79 Å². The Bertz CT molecular complexity index is 1580. The number of hydrogen-bond donors (Lipinski definition) is 0. The molecule has 1 amide bonds. The van der Waals surface area contributed by atoms with Crippen molar-refractivity contribution < 1.29 is 13.9 Å². The van der Waals surface area contributed by atoms with Crippen molar-refractivity contribution in [1.82, 2.24) is 29.6 Å². The van der Waals surface area contributed by atoms with Gasteiger partial charge in [0.1, 0.15) is 16.5 Å². The van der Waals surface area contributed by atoms with E-state index in [-0.39, 0.29) is 12.3 Å². The Labute approximate surface area is 232 Å². The molecule has 0 radical (unpaired) electrons. The third-order valence-electron chi connectivity index (χ3n) is 5.67. The molecular formula is C27H23N7O3S2. The minimum atomic E-state index is -0.223. The lowest BCUT2D eigenvalue weighted by molar-refractivity contribution is 0.0741. The van der Waals surface area contributed by atoms with E-state index in [1.165, 1.54) is 23.1 Å². The monoisotopic (exact) mass is 557 g/mol. The molecule has 12 heteroatoms. The molecule has 0 spiro atoms. The zero-order valence-electron chi connectivity index (χ0n) is 20.9. The Morgan fingerprint density at radius 3 is 2.87 bits per heavy atom. The maximum atomic E-state index is 13.3. The Morgan fingerprint density at radius 2 is 2.10 bits per heavy atom. The van der Waals surface area contributed by atoms with Crippen LogP contribution >= 0.6 is 23.1 Å². The third kappa shape index (κ3) is 6.00. The van der Waals surface area contributed by atoms with E-state index < -0.39 is 0 Å². The molecule has 0 bridgehead atoms. The molecule has 0 fully saturated rings. The molecule has 39 heavy (non-hydrogen) atoms. The summed E-state index contributed by atoms with van der Waals surface area (Å²) in [5, 5.41) is 21.0. The van der Waals surface area contributed by atoms with Crippen LogP contribution in [0.25, 0.3) is 17.3 Å². The van der Waals surface area contributed by atoms with Crippen molar-refractivity contribution in [2.45, 2.75) is 23.9 Å². The smallest absolute Gasteiger partial charge is 0.273 e. The Balaban J connectivity index is 1.36. The maximum Gasteiger partial charge on any atom is 0.273 e. The zero-order chi connectivity index (χ0) is 27.0.